The minimum absolute atomic E-state index is 0.134. The highest BCUT2D eigenvalue weighted by Gasteiger charge is 2.29. The molecule has 8 heteroatoms. The lowest BCUT2D eigenvalue weighted by Gasteiger charge is -2.35. The second-order valence-corrected chi connectivity index (χ2v) is 10.3. The highest BCUT2D eigenvalue weighted by molar-refractivity contribution is 5.94. The Kier molecular flexibility index (Phi) is 5.09. The van der Waals surface area contributed by atoms with Gasteiger partial charge in [-0.05, 0) is 55.2 Å². The quantitative estimate of drug-likeness (QED) is 0.467. The van der Waals surface area contributed by atoms with Gasteiger partial charge in [-0.25, -0.2) is 18.9 Å². The van der Waals surface area contributed by atoms with Gasteiger partial charge in [-0.15, -0.1) is 0 Å². The molecule has 0 atom stereocenters. The van der Waals surface area contributed by atoms with Gasteiger partial charge in [0.05, 0.1) is 17.4 Å². The van der Waals surface area contributed by atoms with Crippen LogP contribution in [0.25, 0.3) is 27.8 Å². The molecule has 2 aliphatic rings. The van der Waals surface area contributed by atoms with E-state index < -0.39 is 0 Å². The topological polar surface area (TPSA) is 65.4 Å². The maximum absolute atomic E-state index is 16.1. The summed E-state index contributed by atoms with van der Waals surface area (Å²) in [5.74, 6) is 1.28. The first-order chi connectivity index (χ1) is 16.4. The van der Waals surface area contributed by atoms with Crippen molar-refractivity contribution < 1.29 is 4.39 Å². The molecule has 1 N–H and O–H groups in total. The molecule has 5 heterocycles. The van der Waals surface area contributed by atoms with Gasteiger partial charge in [0.25, 0.3) is 0 Å². The average Bonchev–Trinajstić information content (AvgIpc) is 3.35. The van der Waals surface area contributed by atoms with Crippen LogP contribution >= 0.6 is 0 Å². The molecule has 1 saturated heterocycles. The van der Waals surface area contributed by atoms with E-state index in [0.29, 0.717) is 11.2 Å². The molecular weight excluding hydrogens is 429 g/mol. The van der Waals surface area contributed by atoms with Crippen molar-refractivity contribution in [3.05, 3.63) is 41.2 Å². The summed E-state index contributed by atoms with van der Waals surface area (Å²) < 4.78 is 17.9. The van der Waals surface area contributed by atoms with Crippen LogP contribution in [-0.4, -0.2) is 62.2 Å². The van der Waals surface area contributed by atoms with Crippen LogP contribution in [0.1, 0.15) is 49.3 Å². The molecule has 4 aromatic heterocycles. The Labute approximate surface area is 199 Å². The van der Waals surface area contributed by atoms with E-state index in [1.807, 2.05) is 6.20 Å². The van der Waals surface area contributed by atoms with Crippen molar-refractivity contribution in [3.63, 3.8) is 0 Å². The van der Waals surface area contributed by atoms with Crippen LogP contribution < -0.4 is 4.90 Å². The first kappa shape index (κ1) is 21.5. The minimum Gasteiger partial charge on any atom is -0.353 e. The van der Waals surface area contributed by atoms with Crippen molar-refractivity contribution in [2.75, 3.05) is 37.6 Å². The molecule has 2 fully saturated rings. The zero-order valence-electron chi connectivity index (χ0n) is 20.4. The number of rotatable bonds is 5. The molecular formula is C26H32FN7. The van der Waals surface area contributed by atoms with Gasteiger partial charge < -0.3 is 9.88 Å². The third-order valence-electron chi connectivity index (χ3n) is 7.66. The zero-order valence-corrected chi connectivity index (χ0v) is 20.4. The SMILES string of the molecule is Cc1c(-c2[nH]c3cnc(N4CCN(CC5CC5)CC4)c(F)c3c2C(C)C)cn2ncnc2c1C. The van der Waals surface area contributed by atoms with Crippen molar-refractivity contribution >= 4 is 22.4 Å². The van der Waals surface area contributed by atoms with E-state index in [9.17, 15) is 0 Å². The lowest BCUT2D eigenvalue weighted by Crippen LogP contribution is -2.47. The molecule has 34 heavy (non-hydrogen) atoms. The number of aryl methyl sites for hydroxylation is 1. The van der Waals surface area contributed by atoms with Gasteiger partial charge in [0.1, 0.15) is 6.33 Å². The average molecular weight is 462 g/mol. The summed E-state index contributed by atoms with van der Waals surface area (Å²) in [5, 5.41) is 5.01. The van der Waals surface area contributed by atoms with Crippen LogP contribution in [0.3, 0.4) is 0 Å². The normalized spacial score (nSPS) is 17.5. The highest BCUT2D eigenvalue weighted by Crippen LogP contribution is 2.40. The van der Waals surface area contributed by atoms with E-state index in [2.05, 4.69) is 57.5 Å². The van der Waals surface area contributed by atoms with Crippen molar-refractivity contribution in [3.8, 4) is 11.3 Å². The van der Waals surface area contributed by atoms with E-state index in [4.69, 9.17) is 0 Å². The molecule has 0 amide bonds. The second-order valence-electron chi connectivity index (χ2n) is 10.3. The van der Waals surface area contributed by atoms with Gasteiger partial charge in [0.2, 0.25) is 0 Å². The van der Waals surface area contributed by atoms with Crippen LogP contribution in [0.15, 0.2) is 18.7 Å². The number of nitrogens with zero attached hydrogens (tertiary/aromatic N) is 6. The largest absolute Gasteiger partial charge is 0.353 e. The number of aromatic amines is 1. The van der Waals surface area contributed by atoms with Gasteiger partial charge in [-0.3, -0.25) is 4.90 Å². The minimum atomic E-state index is -0.212. The molecule has 0 aromatic carbocycles. The first-order valence-corrected chi connectivity index (χ1v) is 12.4. The van der Waals surface area contributed by atoms with Crippen molar-refractivity contribution in [2.45, 2.75) is 46.5 Å². The first-order valence-electron chi connectivity index (χ1n) is 12.4. The molecule has 178 valence electrons. The number of hydrogen-bond acceptors (Lipinski definition) is 5. The van der Waals surface area contributed by atoms with Crippen LogP contribution in [-0.2, 0) is 0 Å². The number of halogens is 1. The molecule has 7 nitrogen and oxygen atoms in total. The molecule has 0 spiro atoms. The van der Waals surface area contributed by atoms with Gasteiger partial charge in [0, 0.05) is 49.9 Å². The third kappa shape index (κ3) is 3.47. The summed E-state index contributed by atoms with van der Waals surface area (Å²) in [6, 6.07) is 0. The number of anilines is 1. The number of piperazine rings is 1. The standard InChI is InChI=1S/C26H32FN7/c1-15(2)21-22-20(31-24(21)19-13-34-25(29-14-30-34)17(4)16(19)3)11-28-26(23(22)27)33-9-7-32(8-10-33)12-18-5-6-18/h11,13-15,18,31H,5-10,12H2,1-4H3. The number of hydrogen-bond donors (Lipinski definition) is 1. The molecule has 0 bridgehead atoms. The Morgan fingerprint density at radius 3 is 2.56 bits per heavy atom. The Bertz CT molecular complexity index is 1370. The van der Waals surface area contributed by atoms with E-state index in [1.165, 1.54) is 19.4 Å². The van der Waals surface area contributed by atoms with Crippen molar-refractivity contribution in [1.29, 1.82) is 0 Å². The van der Waals surface area contributed by atoms with Gasteiger partial charge >= 0.3 is 0 Å². The Morgan fingerprint density at radius 1 is 1.09 bits per heavy atom. The van der Waals surface area contributed by atoms with E-state index in [-0.39, 0.29) is 11.7 Å². The van der Waals surface area contributed by atoms with Crippen molar-refractivity contribution in [2.24, 2.45) is 5.92 Å². The lowest BCUT2D eigenvalue weighted by molar-refractivity contribution is 0.247. The summed E-state index contributed by atoms with van der Waals surface area (Å²) in [6.45, 7) is 13.2. The maximum atomic E-state index is 16.1. The smallest absolute Gasteiger partial charge is 0.175 e. The summed E-state index contributed by atoms with van der Waals surface area (Å²) in [4.78, 5) is 17.1. The summed E-state index contributed by atoms with van der Waals surface area (Å²) in [6.07, 6.45) is 8.09. The van der Waals surface area contributed by atoms with Crippen molar-refractivity contribution in [1.82, 2.24) is 29.5 Å². The number of fused-ring (bicyclic) bond motifs is 2. The Balaban J connectivity index is 1.43. The maximum Gasteiger partial charge on any atom is 0.175 e. The number of H-pyrrole nitrogens is 1. The van der Waals surface area contributed by atoms with E-state index in [1.54, 1.807) is 17.0 Å². The fraction of sp³-hybridized carbons (Fsp3) is 0.500. The molecule has 0 radical (unpaired) electrons. The molecule has 6 rings (SSSR count). The second kappa shape index (κ2) is 8.05. The Morgan fingerprint density at radius 2 is 1.85 bits per heavy atom. The van der Waals surface area contributed by atoms with E-state index in [0.717, 1.165) is 71.2 Å². The lowest BCUT2D eigenvalue weighted by atomic mass is 9.94. The molecule has 1 saturated carbocycles. The van der Waals surface area contributed by atoms with Crippen LogP contribution in [0.2, 0.25) is 0 Å². The number of aromatic nitrogens is 5. The molecule has 1 aliphatic carbocycles. The summed E-state index contributed by atoms with van der Waals surface area (Å²) in [7, 11) is 0. The fourth-order valence-electron chi connectivity index (χ4n) is 5.43. The van der Waals surface area contributed by atoms with Gasteiger partial charge in [-0.1, -0.05) is 13.8 Å². The van der Waals surface area contributed by atoms with Gasteiger partial charge in [0.15, 0.2) is 17.3 Å². The predicted octanol–water partition coefficient (Wildman–Crippen LogP) is 4.68. The molecule has 0 unspecified atom stereocenters. The van der Waals surface area contributed by atoms with Crippen LogP contribution in [0.5, 0.6) is 0 Å². The highest BCUT2D eigenvalue weighted by atomic mass is 19.1. The summed E-state index contributed by atoms with van der Waals surface area (Å²) >= 11 is 0. The summed E-state index contributed by atoms with van der Waals surface area (Å²) in [5.41, 5.74) is 6.73. The van der Waals surface area contributed by atoms with Crippen LogP contribution in [0.4, 0.5) is 10.2 Å². The van der Waals surface area contributed by atoms with Gasteiger partial charge in [-0.2, -0.15) is 5.10 Å². The van der Waals surface area contributed by atoms with E-state index >= 15 is 4.39 Å². The third-order valence-corrected chi connectivity index (χ3v) is 7.66. The molecule has 1 aliphatic heterocycles. The fourth-order valence-corrected chi connectivity index (χ4v) is 5.43. The Hall–Kier alpha value is -3.00. The number of nitrogens with one attached hydrogen (secondary N) is 1. The number of pyridine rings is 2. The van der Waals surface area contributed by atoms with Crippen LogP contribution in [0, 0.1) is 25.6 Å². The molecule has 4 aromatic rings. The zero-order chi connectivity index (χ0) is 23.6. The predicted molar refractivity (Wildman–Crippen MR) is 133 cm³/mol. The monoisotopic (exact) mass is 461 g/mol.